The van der Waals surface area contributed by atoms with Gasteiger partial charge in [-0.15, -0.1) is 0 Å². The summed E-state index contributed by atoms with van der Waals surface area (Å²) in [6.07, 6.45) is 5.75. The van der Waals surface area contributed by atoms with Gasteiger partial charge in [-0.1, -0.05) is 18.2 Å². The van der Waals surface area contributed by atoms with Crippen LogP contribution in [0.5, 0.6) is 0 Å². The third kappa shape index (κ3) is 1.77. The zero-order valence-electron chi connectivity index (χ0n) is 12.5. The standard InChI is InChI=1S/C18H16N2O2/c1-11-9-22-12(2)18(11)17(21)7-14-13-5-3-4-6-15(13)20-10-19-8-16(14)20/h3-6,8-10,14H,7H2,1-2H3. The van der Waals surface area contributed by atoms with Crippen molar-refractivity contribution < 1.29 is 9.21 Å². The third-order valence-corrected chi connectivity index (χ3v) is 4.42. The number of aryl methyl sites for hydroxylation is 2. The number of ketones is 1. The number of imidazole rings is 1. The van der Waals surface area contributed by atoms with Crippen LogP contribution in [0.25, 0.3) is 5.69 Å². The van der Waals surface area contributed by atoms with Crippen LogP contribution in [0.4, 0.5) is 0 Å². The van der Waals surface area contributed by atoms with Crippen LogP contribution in [-0.2, 0) is 0 Å². The van der Waals surface area contributed by atoms with E-state index in [0.29, 0.717) is 12.2 Å². The summed E-state index contributed by atoms with van der Waals surface area (Å²) in [4.78, 5) is 17.0. The van der Waals surface area contributed by atoms with Crippen molar-refractivity contribution in [2.75, 3.05) is 0 Å². The van der Waals surface area contributed by atoms with Crippen molar-refractivity contribution in [1.82, 2.24) is 9.55 Å². The van der Waals surface area contributed by atoms with E-state index in [0.717, 1.165) is 22.5 Å². The first kappa shape index (κ1) is 13.1. The van der Waals surface area contributed by atoms with E-state index < -0.39 is 0 Å². The summed E-state index contributed by atoms with van der Waals surface area (Å²) in [6.45, 7) is 3.75. The minimum atomic E-state index is 0.0555. The number of rotatable bonds is 3. The fourth-order valence-electron chi connectivity index (χ4n) is 3.42. The molecule has 3 aromatic rings. The van der Waals surface area contributed by atoms with Gasteiger partial charge in [0.1, 0.15) is 5.76 Å². The molecule has 0 saturated carbocycles. The predicted octanol–water partition coefficient (Wildman–Crippen LogP) is 3.80. The summed E-state index contributed by atoms with van der Waals surface area (Å²) in [5, 5.41) is 0. The highest BCUT2D eigenvalue weighted by Crippen LogP contribution is 2.40. The van der Waals surface area contributed by atoms with Gasteiger partial charge in [-0.2, -0.15) is 0 Å². The maximum absolute atomic E-state index is 12.8. The Labute approximate surface area is 128 Å². The van der Waals surface area contributed by atoms with E-state index in [4.69, 9.17) is 4.42 Å². The normalized spacial score (nSPS) is 15.6. The molecule has 4 nitrogen and oxygen atoms in total. The second-order valence-electron chi connectivity index (χ2n) is 5.78. The van der Waals surface area contributed by atoms with Gasteiger partial charge in [-0.3, -0.25) is 4.79 Å². The molecule has 1 aromatic carbocycles. The van der Waals surface area contributed by atoms with Crippen LogP contribution in [0, 0.1) is 13.8 Å². The summed E-state index contributed by atoms with van der Waals surface area (Å²) in [7, 11) is 0. The van der Waals surface area contributed by atoms with Gasteiger partial charge in [-0.05, 0) is 31.0 Å². The second kappa shape index (κ2) is 4.70. The number of hydrogen-bond donors (Lipinski definition) is 0. The van der Waals surface area contributed by atoms with E-state index in [1.165, 1.54) is 5.56 Å². The summed E-state index contributed by atoms with van der Waals surface area (Å²) in [5.74, 6) is 0.875. The second-order valence-corrected chi connectivity index (χ2v) is 5.78. The molecule has 1 unspecified atom stereocenters. The smallest absolute Gasteiger partial charge is 0.167 e. The molecule has 0 saturated heterocycles. The van der Waals surface area contributed by atoms with Crippen molar-refractivity contribution >= 4 is 5.78 Å². The third-order valence-electron chi connectivity index (χ3n) is 4.42. The van der Waals surface area contributed by atoms with Crippen LogP contribution >= 0.6 is 0 Å². The molecule has 0 bridgehead atoms. The highest BCUT2D eigenvalue weighted by molar-refractivity contribution is 5.99. The Kier molecular flexibility index (Phi) is 2.79. The molecule has 1 atom stereocenters. The highest BCUT2D eigenvalue weighted by atomic mass is 16.3. The molecule has 110 valence electrons. The van der Waals surface area contributed by atoms with Crippen LogP contribution in [0.15, 0.2) is 47.5 Å². The molecule has 3 heterocycles. The van der Waals surface area contributed by atoms with E-state index in [1.54, 1.807) is 6.26 Å². The molecule has 0 N–H and O–H groups in total. The van der Waals surface area contributed by atoms with E-state index in [2.05, 4.69) is 21.7 Å². The number of nitrogens with zero attached hydrogens (tertiary/aromatic N) is 2. The fourth-order valence-corrected chi connectivity index (χ4v) is 3.42. The molecule has 4 heteroatoms. The predicted molar refractivity (Wildman–Crippen MR) is 82.5 cm³/mol. The molecular formula is C18H16N2O2. The van der Waals surface area contributed by atoms with Crippen LogP contribution in [0.2, 0.25) is 0 Å². The van der Waals surface area contributed by atoms with Crippen LogP contribution in [0.1, 0.15) is 45.3 Å². The SMILES string of the molecule is Cc1coc(C)c1C(=O)CC1c2ccccc2-n2cncc21. The van der Waals surface area contributed by atoms with Crippen molar-refractivity contribution in [2.24, 2.45) is 0 Å². The number of benzene rings is 1. The maximum Gasteiger partial charge on any atom is 0.167 e. The van der Waals surface area contributed by atoms with E-state index >= 15 is 0 Å². The molecule has 4 rings (SSSR count). The number of aromatic nitrogens is 2. The molecule has 0 spiro atoms. The summed E-state index contributed by atoms with van der Waals surface area (Å²) >= 11 is 0. The molecular weight excluding hydrogens is 276 g/mol. The van der Waals surface area contributed by atoms with Gasteiger partial charge in [0.2, 0.25) is 0 Å². The Morgan fingerprint density at radius 1 is 1.32 bits per heavy atom. The van der Waals surface area contributed by atoms with Gasteiger partial charge in [0.25, 0.3) is 0 Å². The van der Waals surface area contributed by atoms with E-state index in [-0.39, 0.29) is 11.7 Å². The van der Waals surface area contributed by atoms with Gasteiger partial charge in [0, 0.05) is 18.5 Å². The number of carbonyl (C=O) groups is 1. The molecule has 1 aliphatic heterocycles. The zero-order valence-corrected chi connectivity index (χ0v) is 12.5. The lowest BCUT2D eigenvalue weighted by Gasteiger charge is -2.10. The molecule has 0 fully saturated rings. The average molecular weight is 292 g/mol. The maximum atomic E-state index is 12.8. The van der Waals surface area contributed by atoms with Crippen LogP contribution < -0.4 is 0 Å². The quantitative estimate of drug-likeness (QED) is 0.690. The number of carbonyl (C=O) groups excluding carboxylic acids is 1. The molecule has 22 heavy (non-hydrogen) atoms. The number of furan rings is 1. The summed E-state index contributed by atoms with van der Waals surface area (Å²) in [6, 6.07) is 8.19. The Bertz CT molecular complexity index is 853. The van der Waals surface area contributed by atoms with Crippen molar-refractivity contribution in [2.45, 2.75) is 26.2 Å². The number of Topliss-reactive ketones (excluding diaryl/α,β-unsaturated/α-hetero) is 1. The first-order chi connectivity index (χ1) is 10.7. The van der Waals surface area contributed by atoms with Crippen LogP contribution in [0.3, 0.4) is 0 Å². The largest absolute Gasteiger partial charge is 0.469 e. The lowest BCUT2D eigenvalue weighted by Crippen LogP contribution is -2.08. The minimum absolute atomic E-state index is 0.0555. The first-order valence-corrected chi connectivity index (χ1v) is 7.36. The van der Waals surface area contributed by atoms with E-state index in [1.807, 2.05) is 38.5 Å². The Morgan fingerprint density at radius 3 is 2.91 bits per heavy atom. The van der Waals surface area contributed by atoms with Crippen molar-refractivity contribution in [3.8, 4) is 5.69 Å². The monoisotopic (exact) mass is 292 g/mol. The Morgan fingerprint density at radius 2 is 2.14 bits per heavy atom. The van der Waals surface area contributed by atoms with Gasteiger partial charge in [0.05, 0.1) is 29.5 Å². The van der Waals surface area contributed by atoms with E-state index in [9.17, 15) is 4.79 Å². The highest BCUT2D eigenvalue weighted by Gasteiger charge is 2.31. The van der Waals surface area contributed by atoms with Gasteiger partial charge in [-0.25, -0.2) is 4.98 Å². The molecule has 1 aliphatic rings. The molecule has 0 amide bonds. The van der Waals surface area contributed by atoms with Crippen molar-refractivity contribution in [1.29, 1.82) is 0 Å². The molecule has 2 aromatic heterocycles. The average Bonchev–Trinajstić information content (AvgIpc) is 3.17. The summed E-state index contributed by atoms with van der Waals surface area (Å²) in [5.41, 5.74) is 5.01. The van der Waals surface area contributed by atoms with Gasteiger partial charge >= 0.3 is 0 Å². The number of para-hydroxylation sites is 1. The zero-order chi connectivity index (χ0) is 15.3. The number of fused-ring (bicyclic) bond motifs is 3. The van der Waals surface area contributed by atoms with Crippen molar-refractivity contribution in [3.63, 3.8) is 0 Å². The van der Waals surface area contributed by atoms with Crippen molar-refractivity contribution in [3.05, 3.63) is 71.2 Å². The van der Waals surface area contributed by atoms with Crippen LogP contribution in [-0.4, -0.2) is 15.3 Å². The summed E-state index contributed by atoms with van der Waals surface area (Å²) < 4.78 is 7.44. The topological polar surface area (TPSA) is 48.0 Å². The molecule has 0 aliphatic carbocycles. The fraction of sp³-hybridized carbons (Fsp3) is 0.222. The lowest BCUT2D eigenvalue weighted by atomic mass is 9.90. The number of hydrogen-bond acceptors (Lipinski definition) is 3. The molecule has 0 radical (unpaired) electrons. The lowest BCUT2D eigenvalue weighted by molar-refractivity contribution is 0.0976. The Balaban J connectivity index is 1.74. The minimum Gasteiger partial charge on any atom is -0.469 e. The Hall–Kier alpha value is -2.62. The van der Waals surface area contributed by atoms with Gasteiger partial charge < -0.3 is 8.98 Å². The first-order valence-electron chi connectivity index (χ1n) is 7.36. The van der Waals surface area contributed by atoms with Gasteiger partial charge in [0.15, 0.2) is 5.78 Å².